The summed E-state index contributed by atoms with van der Waals surface area (Å²) in [4.78, 5) is 25.8. The van der Waals surface area contributed by atoms with Crippen LogP contribution in [0.2, 0.25) is 0 Å². The number of aromatic amines is 1. The summed E-state index contributed by atoms with van der Waals surface area (Å²) in [5.41, 5.74) is 0.314. The summed E-state index contributed by atoms with van der Waals surface area (Å²) in [6, 6.07) is 12.0. The second-order valence-corrected chi connectivity index (χ2v) is 9.39. The van der Waals surface area contributed by atoms with Crippen LogP contribution in [-0.4, -0.2) is 39.0 Å². The van der Waals surface area contributed by atoms with Gasteiger partial charge in [0, 0.05) is 31.3 Å². The van der Waals surface area contributed by atoms with E-state index in [0.29, 0.717) is 12.5 Å². The van der Waals surface area contributed by atoms with Crippen LogP contribution in [0, 0.1) is 0 Å². The highest BCUT2D eigenvalue weighted by Gasteiger charge is 2.49. The van der Waals surface area contributed by atoms with E-state index in [2.05, 4.69) is 21.8 Å². The van der Waals surface area contributed by atoms with Crippen LogP contribution in [0.3, 0.4) is 0 Å². The topological polar surface area (TPSA) is 85.8 Å². The third kappa shape index (κ3) is 3.67. The van der Waals surface area contributed by atoms with Crippen LogP contribution in [0.15, 0.2) is 52.2 Å². The molecule has 2 aromatic rings. The van der Waals surface area contributed by atoms with Crippen LogP contribution < -0.4 is 11.2 Å². The van der Waals surface area contributed by atoms with Gasteiger partial charge in [0.25, 0.3) is 14.1 Å². The second kappa shape index (κ2) is 8.36. The first-order valence-corrected chi connectivity index (χ1v) is 11.7. The molecule has 0 spiro atoms. The Morgan fingerprint density at radius 2 is 2.07 bits per heavy atom. The maximum Gasteiger partial charge on any atom is 0.330 e. The van der Waals surface area contributed by atoms with Crippen molar-refractivity contribution in [3.63, 3.8) is 0 Å². The molecular weight excluding hydrogens is 405 g/mol. The van der Waals surface area contributed by atoms with Gasteiger partial charge in [-0.2, -0.15) is 0 Å². The van der Waals surface area contributed by atoms with Crippen molar-refractivity contribution >= 4 is 8.53 Å². The number of hydrogen-bond acceptors (Lipinski definition) is 6. The molecule has 6 atom stereocenters. The number of hydrogen-bond donors (Lipinski definition) is 1. The maximum atomic E-state index is 12.2. The monoisotopic (exact) mass is 431 g/mol. The Labute approximate surface area is 175 Å². The Morgan fingerprint density at radius 3 is 2.83 bits per heavy atom. The zero-order valence-corrected chi connectivity index (χ0v) is 17.7. The molecule has 1 aromatic heterocycles. The van der Waals surface area contributed by atoms with Gasteiger partial charge in [0.2, 0.25) is 0 Å². The molecule has 1 N–H and O–H groups in total. The zero-order valence-electron chi connectivity index (χ0n) is 16.8. The fraction of sp³-hybridized carbons (Fsp3) is 0.524. The van der Waals surface area contributed by atoms with Crippen molar-refractivity contribution in [1.82, 2.24) is 14.2 Å². The molecule has 0 radical (unpaired) electrons. The van der Waals surface area contributed by atoms with Crippen molar-refractivity contribution in [2.45, 2.75) is 63.2 Å². The predicted octanol–water partition coefficient (Wildman–Crippen LogP) is 3.08. The van der Waals surface area contributed by atoms with E-state index in [0.717, 1.165) is 25.8 Å². The van der Waals surface area contributed by atoms with Crippen LogP contribution in [0.25, 0.3) is 0 Å². The van der Waals surface area contributed by atoms with Crippen LogP contribution in [0.4, 0.5) is 0 Å². The Hall–Kier alpha value is -1.83. The Kier molecular flexibility index (Phi) is 5.60. The smallest absolute Gasteiger partial charge is 0.330 e. The number of nitrogens with one attached hydrogen (secondary N) is 1. The summed E-state index contributed by atoms with van der Waals surface area (Å²) < 4.78 is 22.9. The van der Waals surface area contributed by atoms with Crippen LogP contribution in [0.5, 0.6) is 0 Å². The highest BCUT2D eigenvalue weighted by atomic mass is 31.2. The van der Waals surface area contributed by atoms with Gasteiger partial charge in [-0.3, -0.25) is 14.3 Å². The first-order valence-electron chi connectivity index (χ1n) is 10.6. The number of fused-ring (bicyclic) bond motifs is 1. The van der Waals surface area contributed by atoms with Crippen LogP contribution in [-0.2, 0) is 13.8 Å². The molecule has 8 nitrogen and oxygen atoms in total. The standard InChI is InChI=1S/C21H26N3O5P/c1-2-16-17(13-19(27-16)23-12-10-18(25)22-21(23)26)28-30-24-11-6-9-15(24)20(29-30)14-7-4-3-5-8-14/h3-5,7-8,10,12,15-17,19-20H,2,6,9,11,13H2,1H3,(H,22,25,26)/t15-,16-,17?,19-,20+,30?/m1/s1. The average Bonchev–Trinajstić information content (AvgIpc) is 3.45. The molecule has 3 saturated heterocycles. The molecule has 1 aromatic carbocycles. The molecule has 2 unspecified atom stereocenters. The third-order valence-electron chi connectivity index (χ3n) is 6.13. The molecule has 30 heavy (non-hydrogen) atoms. The lowest BCUT2D eigenvalue weighted by atomic mass is 10.0. The van der Waals surface area contributed by atoms with Gasteiger partial charge in [0.15, 0.2) is 0 Å². The Balaban J connectivity index is 1.33. The SMILES string of the molecule is CC[C@H]1O[C@@H](n2ccc(=O)[nH]c2=O)CC1OP1O[C@@H](c2ccccc2)[C@H]2CCCN21. The largest absolute Gasteiger partial charge is 0.352 e. The predicted molar refractivity (Wildman–Crippen MR) is 112 cm³/mol. The van der Waals surface area contributed by atoms with Crippen molar-refractivity contribution in [1.29, 1.82) is 0 Å². The Bertz CT molecular complexity index is 996. The van der Waals surface area contributed by atoms with E-state index in [1.54, 1.807) is 0 Å². The molecule has 0 bridgehead atoms. The summed E-state index contributed by atoms with van der Waals surface area (Å²) >= 11 is 0. The van der Waals surface area contributed by atoms with E-state index in [-0.39, 0.29) is 18.3 Å². The summed E-state index contributed by atoms with van der Waals surface area (Å²) in [5.74, 6) is 0. The second-order valence-electron chi connectivity index (χ2n) is 7.98. The first-order chi connectivity index (χ1) is 14.6. The highest BCUT2D eigenvalue weighted by Crippen LogP contribution is 2.61. The van der Waals surface area contributed by atoms with Crippen molar-refractivity contribution < 1.29 is 13.8 Å². The number of ether oxygens (including phenoxy) is 1. The summed E-state index contributed by atoms with van der Waals surface area (Å²) in [5, 5.41) is 0. The van der Waals surface area contributed by atoms with Gasteiger partial charge in [-0.1, -0.05) is 37.3 Å². The van der Waals surface area contributed by atoms with Crippen molar-refractivity contribution in [2.75, 3.05) is 6.54 Å². The average molecular weight is 431 g/mol. The lowest BCUT2D eigenvalue weighted by Crippen LogP contribution is -2.31. The Morgan fingerprint density at radius 1 is 1.23 bits per heavy atom. The molecule has 5 rings (SSSR count). The lowest BCUT2D eigenvalue weighted by molar-refractivity contribution is -0.0189. The van der Waals surface area contributed by atoms with E-state index in [4.69, 9.17) is 13.8 Å². The van der Waals surface area contributed by atoms with Crippen molar-refractivity contribution in [3.8, 4) is 0 Å². The lowest BCUT2D eigenvalue weighted by Gasteiger charge is -2.25. The highest BCUT2D eigenvalue weighted by molar-refractivity contribution is 7.44. The molecule has 3 fully saturated rings. The van der Waals surface area contributed by atoms with E-state index >= 15 is 0 Å². The van der Waals surface area contributed by atoms with E-state index < -0.39 is 26.0 Å². The number of benzene rings is 1. The maximum absolute atomic E-state index is 12.2. The van der Waals surface area contributed by atoms with Crippen LogP contribution >= 0.6 is 8.53 Å². The molecule has 0 saturated carbocycles. The number of nitrogens with zero attached hydrogens (tertiary/aromatic N) is 2. The van der Waals surface area contributed by atoms with Crippen molar-refractivity contribution in [3.05, 3.63) is 69.0 Å². The minimum Gasteiger partial charge on any atom is -0.352 e. The van der Waals surface area contributed by atoms with Gasteiger partial charge in [-0.05, 0) is 24.8 Å². The van der Waals surface area contributed by atoms with Gasteiger partial charge < -0.3 is 13.8 Å². The fourth-order valence-electron chi connectivity index (χ4n) is 4.64. The van der Waals surface area contributed by atoms with Gasteiger partial charge in [0.1, 0.15) is 12.3 Å². The number of aromatic nitrogens is 2. The molecule has 3 aliphatic heterocycles. The van der Waals surface area contributed by atoms with Crippen molar-refractivity contribution in [2.24, 2.45) is 0 Å². The summed E-state index contributed by atoms with van der Waals surface area (Å²) in [6.07, 6.45) is 4.33. The molecule has 160 valence electrons. The quantitative estimate of drug-likeness (QED) is 0.733. The van der Waals surface area contributed by atoms with Gasteiger partial charge >= 0.3 is 5.69 Å². The number of H-pyrrole nitrogens is 1. The van der Waals surface area contributed by atoms with Crippen LogP contribution in [0.1, 0.15) is 50.5 Å². The molecule has 0 amide bonds. The minimum atomic E-state index is -1.18. The number of rotatable bonds is 5. The molecule has 0 aliphatic carbocycles. The van der Waals surface area contributed by atoms with Gasteiger partial charge in [-0.25, -0.2) is 9.46 Å². The normalized spacial score (nSPS) is 33.8. The third-order valence-corrected chi connectivity index (χ3v) is 7.91. The summed E-state index contributed by atoms with van der Waals surface area (Å²) in [6.45, 7) is 3.03. The molecule has 9 heteroatoms. The molecule has 3 aliphatic rings. The van der Waals surface area contributed by atoms with Gasteiger partial charge in [0.05, 0.1) is 12.2 Å². The minimum absolute atomic E-state index is 0.0276. The molecule has 4 heterocycles. The van der Waals surface area contributed by atoms with E-state index in [1.165, 1.54) is 22.4 Å². The summed E-state index contributed by atoms with van der Waals surface area (Å²) in [7, 11) is -1.18. The van der Waals surface area contributed by atoms with E-state index in [9.17, 15) is 9.59 Å². The zero-order chi connectivity index (χ0) is 20.7. The van der Waals surface area contributed by atoms with E-state index in [1.807, 2.05) is 25.1 Å². The fourth-order valence-corrected chi connectivity index (χ4v) is 6.63. The van der Waals surface area contributed by atoms with Gasteiger partial charge in [-0.15, -0.1) is 0 Å². The molecular formula is C21H26N3O5P. The first kappa shape index (κ1) is 20.1.